The molecular weight excluding hydrogens is 398 g/mol. The van der Waals surface area contributed by atoms with Crippen molar-refractivity contribution in [2.75, 3.05) is 25.5 Å². The van der Waals surface area contributed by atoms with Crippen LogP contribution < -0.4 is 15.4 Å². The fourth-order valence-corrected chi connectivity index (χ4v) is 4.21. The molecule has 3 aliphatic rings. The third kappa shape index (κ3) is 5.18. The number of rotatable bonds is 6. The molecule has 1 aromatic rings. The molecule has 1 aromatic carbocycles. The number of carbonyl (C=O) groups is 3. The standard InChI is InChI=1S/C23H31N3O5/c1-3-21(27)25-15-6-9-19-17(10-15)23(29)26(2)18-8-7-16(31-20(18)13-30-19)11-22(28)24-12-14-4-5-14/h6,9-10,14,16,18,20H,3-5,7-8,11-13H2,1-2H3,(H,24,28)(H,25,27)/t16-,18+,20-/m0/s1. The van der Waals surface area contributed by atoms with Crippen LogP contribution in [0, 0.1) is 5.92 Å². The predicted octanol–water partition coefficient (Wildman–Crippen LogP) is 2.33. The van der Waals surface area contributed by atoms with E-state index in [1.165, 1.54) is 12.8 Å². The topological polar surface area (TPSA) is 97.0 Å². The zero-order valence-electron chi connectivity index (χ0n) is 18.2. The van der Waals surface area contributed by atoms with Gasteiger partial charge in [0.1, 0.15) is 18.5 Å². The molecular formula is C23H31N3O5. The van der Waals surface area contributed by atoms with E-state index in [0.29, 0.717) is 42.4 Å². The van der Waals surface area contributed by atoms with Gasteiger partial charge in [-0.25, -0.2) is 0 Å². The maximum Gasteiger partial charge on any atom is 0.257 e. The highest BCUT2D eigenvalue weighted by atomic mass is 16.5. The lowest BCUT2D eigenvalue weighted by Crippen LogP contribution is -2.54. The van der Waals surface area contributed by atoms with Gasteiger partial charge in [-0.1, -0.05) is 6.92 Å². The third-order valence-electron chi connectivity index (χ3n) is 6.31. The van der Waals surface area contributed by atoms with Crippen LogP contribution in [0.2, 0.25) is 0 Å². The summed E-state index contributed by atoms with van der Waals surface area (Å²) >= 11 is 0. The summed E-state index contributed by atoms with van der Waals surface area (Å²) in [5, 5.41) is 5.78. The van der Waals surface area contributed by atoms with Crippen molar-refractivity contribution >= 4 is 23.4 Å². The van der Waals surface area contributed by atoms with Crippen LogP contribution >= 0.6 is 0 Å². The lowest BCUT2D eigenvalue weighted by molar-refractivity contribution is -0.134. The maximum absolute atomic E-state index is 13.2. The molecule has 0 spiro atoms. The molecule has 8 heteroatoms. The Labute approximate surface area is 182 Å². The van der Waals surface area contributed by atoms with E-state index in [9.17, 15) is 14.4 Å². The van der Waals surface area contributed by atoms with Gasteiger partial charge in [0.25, 0.3) is 5.91 Å². The first-order valence-corrected chi connectivity index (χ1v) is 11.2. The number of hydrogen-bond acceptors (Lipinski definition) is 5. The molecule has 0 aromatic heterocycles. The highest BCUT2D eigenvalue weighted by Gasteiger charge is 2.39. The van der Waals surface area contributed by atoms with Gasteiger partial charge in [0.05, 0.1) is 24.1 Å². The molecule has 168 valence electrons. The number of fused-ring (bicyclic) bond motifs is 2. The Morgan fingerprint density at radius 1 is 1.16 bits per heavy atom. The molecule has 4 rings (SSSR count). The lowest BCUT2D eigenvalue weighted by Gasteiger charge is -2.42. The minimum absolute atomic E-state index is 0.0264. The molecule has 3 amide bonds. The van der Waals surface area contributed by atoms with E-state index in [2.05, 4.69) is 10.6 Å². The van der Waals surface area contributed by atoms with Crippen molar-refractivity contribution in [3.8, 4) is 5.75 Å². The molecule has 2 N–H and O–H groups in total. The highest BCUT2D eigenvalue weighted by Crippen LogP contribution is 2.32. The number of likely N-dealkylation sites (N-methyl/N-ethyl adjacent to an activating group) is 1. The monoisotopic (exact) mass is 429 g/mol. The number of nitrogens with one attached hydrogen (secondary N) is 2. The van der Waals surface area contributed by atoms with Crippen molar-refractivity contribution in [2.45, 2.75) is 63.7 Å². The fraction of sp³-hybridized carbons (Fsp3) is 0.609. The second-order valence-corrected chi connectivity index (χ2v) is 8.73. The van der Waals surface area contributed by atoms with Crippen LogP contribution in [0.1, 0.15) is 55.8 Å². The molecule has 3 atom stereocenters. The Hall–Kier alpha value is -2.61. The van der Waals surface area contributed by atoms with E-state index < -0.39 is 0 Å². The van der Waals surface area contributed by atoms with E-state index >= 15 is 0 Å². The summed E-state index contributed by atoms with van der Waals surface area (Å²) < 4.78 is 12.2. The Kier molecular flexibility index (Phi) is 6.46. The van der Waals surface area contributed by atoms with Crippen LogP contribution in [-0.2, 0) is 14.3 Å². The molecule has 0 unspecified atom stereocenters. The molecule has 0 bridgehead atoms. The number of carbonyl (C=O) groups excluding carboxylic acids is 3. The Morgan fingerprint density at radius 2 is 1.97 bits per heavy atom. The third-order valence-corrected chi connectivity index (χ3v) is 6.31. The second kappa shape index (κ2) is 9.26. The average Bonchev–Trinajstić information content (AvgIpc) is 3.59. The van der Waals surface area contributed by atoms with Gasteiger partial charge in [0.15, 0.2) is 0 Å². The van der Waals surface area contributed by atoms with Crippen LogP contribution in [0.25, 0.3) is 0 Å². The molecule has 1 saturated carbocycles. The van der Waals surface area contributed by atoms with Crippen molar-refractivity contribution in [1.29, 1.82) is 0 Å². The number of benzene rings is 1. The first kappa shape index (κ1) is 21.6. The smallest absolute Gasteiger partial charge is 0.257 e. The van der Waals surface area contributed by atoms with Crippen molar-refractivity contribution in [1.82, 2.24) is 10.2 Å². The quantitative estimate of drug-likeness (QED) is 0.724. The number of ether oxygens (including phenoxy) is 2. The van der Waals surface area contributed by atoms with Crippen molar-refractivity contribution in [3.63, 3.8) is 0 Å². The van der Waals surface area contributed by atoms with Crippen LogP contribution in [0.3, 0.4) is 0 Å². The summed E-state index contributed by atoms with van der Waals surface area (Å²) in [6, 6.07) is 4.98. The van der Waals surface area contributed by atoms with Crippen molar-refractivity contribution in [2.24, 2.45) is 5.92 Å². The Morgan fingerprint density at radius 3 is 2.71 bits per heavy atom. The molecule has 1 saturated heterocycles. The zero-order chi connectivity index (χ0) is 22.0. The van der Waals surface area contributed by atoms with Gasteiger partial charge in [-0.15, -0.1) is 0 Å². The van der Waals surface area contributed by atoms with Gasteiger partial charge in [-0.3, -0.25) is 14.4 Å². The van der Waals surface area contributed by atoms with Gasteiger partial charge in [-0.2, -0.15) is 0 Å². The number of hydrogen-bond donors (Lipinski definition) is 2. The number of anilines is 1. The Balaban J connectivity index is 1.42. The normalized spacial score (nSPS) is 25.4. The van der Waals surface area contributed by atoms with Gasteiger partial charge in [-0.05, 0) is 49.8 Å². The SMILES string of the molecule is CCC(=O)Nc1ccc2c(c1)C(=O)N(C)[C@@H]1CC[C@@H](CC(=O)NCC3CC3)O[C@H]1CO2. The molecule has 31 heavy (non-hydrogen) atoms. The largest absolute Gasteiger partial charge is 0.490 e. The predicted molar refractivity (Wildman–Crippen MR) is 115 cm³/mol. The van der Waals surface area contributed by atoms with Crippen molar-refractivity contribution < 1.29 is 23.9 Å². The molecule has 1 aliphatic carbocycles. The number of nitrogens with zero attached hydrogens (tertiary/aromatic N) is 1. The summed E-state index contributed by atoms with van der Waals surface area (Å²) in [6.45, 7) is 2.84. The van der Waals surface area contributed by atoms with E-state index in [4.69, 9.17) is 9.47 Å². The highest BCUT2D eigenvalue weighted by molar-refractivity contribution is 5.99. The minimum atomic E-state index is -0.295. The van der Waals surface area contributed by atoms with Gasteiger partial charge in [0.2, 0.25) is 11.8 Å². The summed E-state index contributed by atoms with van der Waals surface area (Å²) in [5.74, 6) is 0.869. The summed E-state index contributed by atoms with van der Waals surface area (Å²) in [6.07, 6.45) is 4.11. The first-order chi connectivity index (χ1) is 14.9. The second-order valence-electron chi connectivity index (χ2n) is 8.73. The summed E-state index contributed by atoms with van der Waals surface area (Å²) in [4.78, 5) is 38.8. The van der Waals surface area contributed by atoms with E-state index in [1.54, 1.807) is 37.1 Å². The lowest BCUT2D eigenvalue weighted by atomic mass is 9.94. The van der Waals surface area contributed by atoms with Gasteiger partial charge >= 0.3 is 0 Å². The van der Waals surface area contributed by atoms with Gasteiger partial charge < -0.3 is 25.0 Å². The van der Waals surface area contributed by atoms with Crippen molar-refractivity contribution in [3.05, 3.63) is 23.8 Å². The molecule has 2 fully saturated rings. The molecule has 8 nitrogen and oxygen atoms in total. The number of amides is 3. The zero-order valence-corrected chi connectivity index (χ0v) is 18.2. The average molecular weight is 430 g/mol. The maximum atomic E-state index is 13.2. The fourth-order valence-electron chi connectivity index (χ4n) is 4.21. The van der Waals surface area contributed by atoms with Crippen LogP contribution in [0.4, 0.5) is 5.69 Å². The summed E-state index contributed by atoms with van der Waals surface area (Å²) in [7, 11) is 1.78. The van der Waals surface area contributed by atoms with Crippen LogP contribution in [0.5, 0.6) is 5.75 Å². The Bertz CT molecular complexity index is 854. The molecule has 2 aliphatic heterocycles. The van der Waals surface area contributed by atoms with Crippen LogP contribution in [0.15, 0.2) is 18.2 Å². The van der Waals surface area contributed by atoms with Gasteiger partial charge in [0, 0.05) is 25.7 Å². The minimum Gasteiger partial charge on any atom is -0.490 e. The van der Waals surface area contributed by atoms with E-state index in [-0.39, 0.29) is 36.0 Å². The molecule has 0 radical (unpaired) electrons. The summed E-state index contributed by atoms with van der Waals surface area (Å²) in [5.41, 5.74) is 1.00. The van der Waals surface area contributed by atoms with E-state index in [1.807, 2.05) is 0 Å². The van der Waals surface area contributed by atoms with Crippen LogP contribution in [-0.4, -0.2) is 61.1 Å². The first-order valence-electron chi connectivity index (χ1n) is 11.2. The van der Waals surface area contributed by atoms with E-state index in [0.717, 1.165) is 19.4 Å². The molecule has 2 heterocycles.